The molecule has 1 saturated carbocycles. The third-order valence-electron chi connectivity index (χ3n) is 8.88. The van der Waals surface area contributed by atoms with Crippen LogP contribution in [0.2, 0.25) is 5.02 Å². The summed E-state index contributed by atoms with van der Waals surface area (Å²) in [6.07, 6.45) is 4.22. The Bertz CT molecular complexity index is 1490. The fourth-order valence-electron chi connectivity index (χ4n) is 6.48. The number of halogens is 1. The number of carbonyl (C=O) groups excluding carboxylic acids is 2. The van der Waals surface area contributed by atoms with E-state index in [1.165, 1.54) is 23.1 Å². The van der Waals surface area contributed by atoms with Crippen molar-refractivity contribution in [3.05, 3.63) is 70.0 Å². The number of carbonyl (C=O) groups is 2. The molecular formula is C32H38ClN5O3S. The lowest BCUT2D eigenvalue weighted by Gasteiger charge is -2.45. The van der Waals surface area contributed by atoms with Gasteiger partial charge in [-0.2, -0.15) is 5.10 Å². The van der Waals surface area contributed by atoms with Gasteiger partial charge in [0.2, 0.25) is 11.8 Å². The molecule has 2 aliphatic heterocycles. The average molecular weight is 608 g/mol. The minimum absolute atomic E-state index is 0.0388. The maximum atomic E-state index is 13.4. The van der Waals surface area contributed by atoms with Gasteiger partial charge in [-0.25, -0.2) is 0 Å². The number of nitrogens with one attached hydrogen (secondary N) is 1. The minimum atomic E-state index is -0.134. The van der Waals surface area contributed by atoms with Crippen molar-refractivity contribution >= 4 is 41.1 Å². The molecule has 3 unspecified atom stereocenters. The largest absolute Gasteiger partial charge is 0.491 e. The average Bonchev–Trinajstić information content (AvgIpc) is 3.18. The van der Waals surface area contributed by atoms with Crippen LogP contribution in [0.15, 0.2) is 47.4 Å². The number of likely N-dealkylation sites (N-methyl/N-ethyl adjacent to an activating group) is 1. The number of fused-ring (bicyclic) bond motifs is 4. The SMILES string of the molecule is CCCc1cc(Cl)ccc1C1COc2ccc3cc2N(C1)CC1CCC1N(C)C(=O)Cn1nc(cc1C)CC(=O)NS3. The first kappa shape index (κ1) is 28.9. The summed E-state index contributed by atoms with van der Waals surface area (Å²) in [7, 11) is 1.92. The lowest BCUT2D eigenvalue weighted by atomic mass is 9.78. The second-order valence-corrected chi connectivity index (χ2v) is 13.1. The second-order valence-electron chi connectivity index (χ2n) is 11.8. The number of hydrogen-bond donors (Lipinski definition) is 1. The van der Waals surface area contributed by atoms with Gasteiger partial charge in [0.25, 0.3) is 0 Å². The number of benzene rings is 2. The van der Waals surface area contributed by atoms with Crippen molar-refractivity contribution in [1.29, 1.82) is 0 Å². The van der Waals surface area contributed by atoms with E-state index in [0.29, 0.717) is 18.2 Å². The summed E-state index contributed by atoms with van der Waals surface area (Å²) in [4.78, 5) is 31.5. The number of anilines is 1. The second kappa shape index (κ2) is 12.2. The third kappa shape index (κ3) is 5.99. The Morgan fingerprint density at radius 1 is 1.12 bits per heavy atom. The standard InChI is InChI=1S/C32H38ClN5O3S/c1-4-5-21-13-24(33)7-9-27(21)23-17-37-16-22-6-10-28(22)36(3)32(40)18-38-20(2)12-25(34-38)14-31(39)35-42-26-8-11-30(41-19-23)29(37)15-26/h7-9,11-13,15,22-23,28H,4-6,10,14,16-19H2,1-3H3,(H,35,39). The Morgan fingerprint density at radius 2 is 1.98 bits per heavy atom. The van der Waals surface area contributed by atoms with Gasteiger partial charge in [0.1, 0.15) is 12.3 Å². The molecule has 10 heteroatoms. The van der Waals surface area contributed by atoms with Crippen LogP contribution in [-0.4, -0.2) is 59.3 Å². The molecule has 0 spiro atoms. The fourth-order valence-corrected chi connectivity index (χ4v) is 7.29. The normalized spacial score (nSPS) is 22.8. The highest BCUT2D eigenvalue weighted by Gasteiger charge is 2.39. The highest BCUT2D eigenvalue weighted by atomic mass is 35.5. The Kier molecular flexibility index (Phi) is 8.41. The van der Waals surface area contributed by atoms with Crippen molar-refractivity contribution in [1.82, 2.24) is 19.4 Å². The fraction of sp³-hybridized carbons (Fsp3) is 0.469. The van der Waals surface area contributed by atoms with E-state index in [9.17, 15) is 9.59 Å². The molecule has 42 heavy (non-hydrogen) atoms. The quantitative estimate of drug-likeness (QED) is 0.402. The maximum Gasteiger partial charge on any atom is 0.244 e. The molecule has 222 valence electrons. The van der Waals surface area contributed by atoms with E-state index in [4.69, 9.17) is 16.3 Å². The van der Waals surface area contributed by atoms with E-state index in [1.54, 1.807) is 4.68 Å². The van der Waals surface area contributed by atoms with Crippen molar-refractivity contribution in [3.63, 3.8) is 0 Å². The number of nitrogens with zero attached hydrogens (tertiary/aromatic N) is 4. The summed E-state index contributed by atoms with van der Waals surface area (Å²) in [6.45, 7) is 6.47. The molecule has 1 N–H and O–H groups in total. The predicted octanol–water partition coefficient (Wildman–Crippen LogP) is 5.40. The van der Waals surface area contributed by atoms with E-state index >= 15 is 0 Å². The van der Waals surface area contributed by atoms with E-state index < -0.39 is 0 Å². The van der Waals surface area contributed by atoms with Gasteiger partial charge >= 0.3 is 0 Å². The van der Waals surface area contributed by atoms with Crippen LogP contribution >= 0.6 is 23.5 Å². The van der Waals surface area contributed by atoms with Crippen LogP contribution in [0.3, 0.4) is 0 Å². The van der Waals surface area contributed by atoms with Crippen LogP contribution in [0.25, 0.3) is 0 Å². The Labute approximate surface area is 256 Å². The van der Waals surface area contributed by atoms with Crippen molar-refractivity contribution in [2.45, 2.75) is 69.4 Å². The predicted molar refractivity (Wildman–Crippen MR) is 166 cm³/mol. The molecule has 3 aliphatic rings. The van der Waals surface area contributed by atoms with Gasteiger partial charge in [-0.3, -0.25) is 19.0 Å². The molecule has 1 aromatic heterocycles. The van der Waals surface area contributed by atoms with E-state index in [2.05, 4.69) is 39.8 Å². The van der Waals surface area contributed by atoms with Gasteiger partial charge in [0.15, 0.2) is 0 Å². The number of ether oxygens (including phenoxy) is 1. The highest BCUT2D eigenvalue weighted by Crippen LogP contribution is 2.41. The smallest absolute Gasteiger partial charge is 0.244 e. The van der Waals surface area contributed by atoms with E-state index in [1.807, 2.05) is 43.1 Å². The van der Waals surface area contributed by atoms with Gasteiger partial charge in [-0.15, -0.1) is 0 Å². The van der Waals surface area contributed by atoms with Crippen LogP contribution in [0.4, 0.5) is 5.69 Å². The summed E-state index contributed by atoms with van der Waals surface area (Å²) >= 11 is 7.72. The highest BCUT2D eigenvalue weighted by molar-refractivity contribution is 7.98. The molecule has 2 aromatic carbocycles. The summed E-state index contributed by atoms with van der Waals surface area (Å²) < 4.78 is 11.2. The number of hydrogen-bond acceptors (Lipinski definition) is 6. The van der Waals surface area contributed by atoms with Gasteiger partial charge in [-0.1, -0.05) is 31.0 Å². The monoisotopic (exact) mass is 607 g/mol. The molecule has 0 radical (unpaired) electrons. The van der Waals surface area contributed by atoms with Gasteiger partial charge < -0.3 is 14.5 Å². The summed E-state index contributed by atoms with van der Waals surface area (Å²) in [5.41, 5.74) is 5.12. The van der Waals surface area contributed by atoms with Crippen molar-refractivity contribution in [2.24, 2.45) is 5.92 Å². The number of amides is 2. The molecule has 2 amide bonds. The first-order valence-electron chi connectivity index (χ1n) is 14.8. The molecule has 8 nitrogen and oxygen atoms in total. The van der Waals surface area contributed by atoms with Gasteiger partial charge in [-0.05, 0) is 91.6 Å². The Balaban J connectivity index is 1.34. The van der Waals surface area contributed by atoms with Crippen LogP contribution in [0, 0.1) is 12.8 Å². The van der Waals surface area contributed by atoms with Crippen molar-refractivity contribution < 1.29 is 14.3 Å². The van der Waals surface area contributed by atoms with Crippen LogP contribution in [0.1, 0.15) is 54.6 Å². The molecule has 3 atom stereocenters. The first-order valence-corrected chi connectivity index (χ1v) is 16.0. The molecule has 1 aliphatic carbocycles. The molecule has 3 heterocycles. The van der Waals surface area contributed by atoms with Crippen molar-refractivity contribution in [3.8, 4) is 5.75 Å². The van der Waals surface area contributed by atoms with Crippen LogP contribution in [-0.2, 0) is 29.0 Å². The lowest BCUT2D eigenvalue weighted by molar-refractivity contribution is -0.136. The summed E-state index contributed by atoms with van der Waals surface area (Å²) in [5, 5.41) is 5.32. The molecule has 6 rings (SSSR count). The zero-order valence-corrected chi connectivity index (χ0v) is 26.0. The summed E-state index contributed by atoms with van der Waals surface area (Å²) in [5.74, 6) is 1.25. The van der Waals surface area contributed by atoms with Gasteiger partial charge in [0.05, 0.1) is 24.4 Å². The zero-order valence-electron chi connectivity index (χ0n) is 24.4. The minimum Gasteiger partial charge on any atom is -0.491 e. The van der Waals surface area contributed by atoms with Crippen LogP contribution < -0.4 is 14.4 Å². The van der Waals surface area contributed by atoms with E-state index in [-0.39, 0.29) is 36.7 Å². The maximum absolute atomic E-state index is 13.4. The Morgan fingerprint density at radius 3 is 2.76 bits per heavy atom. The molecule has 3 aromatic rings. The summed E-state index contributed by atoms with van der Waals surface area (Å²) in [6, 6.07) is 14.4. The number of rotatable bonds is 3. The molecule has 4 bridgehead atoms. The number of aromatic nitrogens is 2. The number of aryl methyl sites for hydroxylation is 2. The third-order valence-corrected chi connectivity index (χ3v) is 9.93. The van der Waals surface area contributed by atoms with E-state index in [0.717, 1.165) is 65.8 Å². The lowest BCUT2D eigenvalue weighted by Crippen LogP contribution is -2.52. The first-order chi connectivity index (χ1) is 20.3. The topological polar surface area (TPSA) is 79.7 Å². The van der Waals surface area contributed by atoms with Crippen LogP contribution in [0.5, 0.6) is 5.75 Å². The zero-order chi connectivity index (χ0) is 29.4. The molecule has 1 fully saturated rings. The molecule has 0 saturated heterocycles. The molecular weight excluding hydrogens is 570 g/mol. The van der Waals surface area contributed by atoms with Crippen molar-refractivity contribution in [2.75, 3.05) is 31.6 Å². The van der Waals surface area contributed by atoms with Gasteiger partial charge in [0, 0.05) is 47.7 Å². The Hall–Kier alpha value is -3.17.